The predicted molar refractivity (Wildman–Crippen MR) is 109 cm³/mol. The molecule has 1 aliphatic heterocycles. The lowest BCUT2D eigenvalue weighted by Gasteiger charge is -2.25. The van der Waals surface area contributed by atoms with Crippen LogP contribution in [-0.2, 0) is 11.8 Å². The minimum absolute atomic E-state index is 0.269. The highest BCUT2D eigenvalue weighted by atomic mass is 16.5. The second kappa shape index (κ2) is 6.49. The number of hydrogen-bond acceptors (Lipinski definition) is 6. The summed E-state index contributed by atoms with van der Waals surface area (Å²) >= 11 is 0. The summed E-state index contributed by atoms with van der Waals surface area (Å²) in [6.45, 7) is 3.65. The SMILES string of the molecule is Cc1cc(-c2ccc3nc(N)nn3c2NC2CCOCC2)cc2c1cnn2C. The van der Waals surface area contributed by atoms with E-state index in [1.807, 2.05) is 28.5 Å². The monoisotopic (exact) mass is 377 g/mol. The van der Waals surface area contributed by atoms with Gasteiger partial charge in [-0.25, -0.2) is 0 Å². The van der Waals surface area contributed by atoms with Gasteiger partial charge in [-0.1, -0.05) is 6.07 Å². The summed E-state index contributed by atoms with van der Waals surface area (Å²) in [5.74, 6) is 1.18. The van der Waals surface area contributed by atoms with E-state index in [1.54, 1.807) is 0 Å². The maximum atomic E-state index is 5.88. The van der Waals surface area contributed by atoms with E-state index >= 15 is 0 Å². The molecule has 0 saturated carbocycles. The number of nitrogens with one attached hydrogen (secondary N) is 1. The molecule has 3 aromatic heterocycles. The first-order valence-electron chi connectivity index (χ1n) is 9.52. The standard InChI is InChI=1S/C20H23N7O/c1-12-9-13(10-17-16(12)11-22-26(17)2)15-3-4-18-24-20(21)25-27(18)19(15)23-14-5-7-28-8-6-14/h3-4,9-11,14,23H,5-8H2,1-2H3,(H2,21,25). The second-order valence-electron chi connectivity index (χ2n) is 7.36. The van der Waals surface area contributed by atoms with Crippen LogP contribution in [0.4, 0.5) is 11.8 Å². The van der Waals surface area contributed by atoms with E-state index in [4.69, 9.17) is 10.5 Å². The van der Waals surface area contributed by atoms with Crippen LogP contribution in [0.5, 0.6) is 0 Å². The smallest absolute Gasteiger partial charge is 0.240 e. The van der Waals surface area contributed by atoms with Crippen LogP contribution in [0.3, 0.4) is 0 Å². The molecule has 1 fully saturated rings. The zero-order valence-corrected chi connectivity index (χ0v) is 16.0. The average molecular weight is 377 g/mol. The Hall–Kier alpha value is -3.13. The highest BCUT2D eigenvalue weighted by Gasteiger charge is 2.20. The van der Waals surface area contributed by atoms with Gasteiger partial charge in [0.05, 0.1) is 11.7 Å². The van der Waals surface area contributed by atoms with Crippen LogP contribution >= 0.6 is 0 Å². The van der Waals surface area contributed by atoms with Crippen molar-refractivity contribution < 1.29 is 4.74 Å². The van der Waals surface area contributed by atoms with E-state index in [0.717, 1.165) is 59.6 Å². The van der Waals surface area contributed by atoms with E-state index in [0.29, 0.717) is 6.04 Å². The lowest BCUT2D eigenvalue weighted by atomic mass is 10.0. The normalized spacial score (nSPS) is 15.5. The molecule has 4 heterocycles. The maximum Gasteiger partial charge on any atom is 0.240 e. The second-order valence-corrected chi connectivity index (χ2v) is 7.36. The Morgan fingerprint density at radius 1 is 1.21 bits per heavy atom. The van der Waals surface area contributed by atoms with Crippen LogP contribution in [0.2, 0.25) is 0 Å². The van der Waals surface area contributed by atoms with Crippen LogP contribution < -0.4 is 11.1 Å². The quantitative estimate of drug-likeness (QED) is 0.570. The number of fused-ring (bicyclic) bond motifs is 2. The number of aromatic nitrogens is 5. The van der Waals surface area contributed by atoms with Crippen molar-refractivity contribution in [2.75, 3.05) is 24.3 Å². The van der Waals surface area contributed by atoms with Gasteiger partial charge in [-0.15, -0.1) is 5.10 Å². The summed E-state index contributed by atoms with van der Waals surface area (Å²) < 4.78 is 9.22. The van der Waals surface area contributed by atoms with Crippen LogP contribution in [0.25, 0.3) is 27.7 Å². The van der Waals surface area contributed by atoms with E-state index in [2.05, 4.69) is 45.6 Å². The van der Waals surface area contributed by atoms with Crippen LogP contribution in [0.1, 0.15) is 18.4 Å². The minimum Gasteiger partial charge on any atom is -0.381 e. The molecule has 0 amide bonds. The van der Waals surface area contributed by atoms with Gasteiger partial charge in [-0.2, -0.15) is 14.6 Å². The number of nitrogen functional groups attached to an aromatic ring is 1. The molecule has 3 N–H and O–H groups in total. The lowest BCUT2D eigenvalue weighted by Crippen LogP contribution is -2.29. The first kappa shape index (κ1) is 17.0. The molecule has 1 aliphatic rings. The fourth-order valence-corrected chi connectivity index (χ4v) is 3.95. The van der Waals surface area contributed by atoms with Crippen molar-refractivity contribution in [3.63, 3.8) is 0 Å². The molecular weight excluding hydrogens is 354 g/mol. The van der Waals surface area contributed by atoms with E-state index in [1.165, 1.54) is 5.56 Å². The third-order valence-corrected chi connectivity index (χ3v) is 5.46. The number of hydrogen-bond donors (Lipinski definition) is 2. The predicted octanol–water partition coefficient (Wildman–Crippen LogP) is 2.76. The summed E-state index contributed by atoms with van der Waals surface area (Å²) in [7, 11) is 1.97. The maximum absolute atomic E-state index is 5.88. The first-order chi connectivity index (χ1) is 13.6. The van der Waals surface area contributed by atoms with Gasteiger partial charge in [0.2, 0.25) is 5.95 Å². The Bertz CT molecular complexity index is 1170. The Kier molecular flexibility index (Phi) is 3.94. The van der Waals surface area contributed by atoms with Crippen LogP contribution in [0, 0.1) is 6.92 Å². The number of rotatable bonds is 3. The summed E-state index contributed by atoms with van der Waals surface area (Å²) in [5, 5.41) is 13.7. The van der Waals surface area contributed by atoms with Gasteiger partial charge < -0.3 is 15.8 Å². The molecule has 4 aromatic rings. The van der Waals surface area contributed by atoms with Crippen molar-refractivity contribution in [3.8, 4) is 11.1 Å². The van der Waals surface area contributed by atoms with Crippen molar-refractivity contribution in [1.82, 2.24) is 24.4 Å². The topological polar surface area (TPSA) is 95.3 Å². The summed E-state index contributed by atoms with van der Waals surface area (Å²) in [6.07, 6.45) is 3.83. The zero-order valence-electron chi connectivity index (χ0n) is 16.0. The molecule has 28 heavy (non-hydrogen) atoms. The summed E-state index contributed by atoms with van der Waals surface area (Å²) in [6, 6.07) is 8.73. The van der Waals surface area contributed by atoms with Gasteiger partial charge in [-0.3, -0.25) is 4.68 Å². The van der Waals surface area contributed by atoms with Crippen molar-refractivity contribution in [1.29, 1.82) is 0 Å². The van der Waals surface area contributed by atoms with Crippen molar-refractivity contribution in [2.45, 2.75) is 25.8 Å². The third kappa shape index (κ3) is 2.77. The molecule has 5 rings (SSSR count). The molecule has 0 radical (unpaired) electrons. The number of pyridine rings is 1. The molecule has 8 nitrogen and oxygen atoms in total. The molecule has 1 aromatic carbocycles. The van der Waals surface area contributed by atoms with Gasteiger partial charge >= 0.3 is 0 Å². The average Bonchev–Trinajstić information content (AvgIpc) is 3.26. The zero-order chi connectivity index (χ0) is 19.3. The van der Waals surface area contributed by atoms with Crippen molar-refractivity contribution in [3.05, 3.63) is 36.0 Å². The minimum atomic E-state index is 0.269. The molecule has 0 unspecified atom stereocenters. The molecule has 0 atom stereocenters. The van der Waals surface area contributed by atoms with Crippen molar-refractivity contribution >= 4 is 28.3 Å². The molecule has 8 heteroatoms. The largest absolute Gasteiger partial charge is 0.381 e. The van der Waals surface area contributed by atoms with Crippen molar-refractivity contribution in [2.24, 2.45) is 7.05 Å². The molecule has 1 saturated heterocycles. The Morgan fingerprint density at radius 2 is 2.04 bits per heavy atom. The number of ether oxygens (including phenoxy) is 1. The highest BCUT2D eigenvalue weighted by molar-refractivity contribution is 5.90. The number of benzene rings is 1. The van der Waals surface area contributed by atoms with Gasteiger partial charge in [0, 0.05) is 37.3 Å². The lowest BCUT2D eigenvalue weighted by molar-refractivity contribution is 0.0903. The van der Waals surface area contributed by atoms with E-state index in [-0.39, 0.29) is 5.95 Å². The number of nitrogens with zero attached hydrogens (tertiary/aromatic N) is 5. The Labute approximate surface area is 162 Å². The van der Waals surface area contributed by atoms with Gasteiger partial charge in [-0.05, 0) is 49.1 Å². The number of anilines is 2. The van der Waals surface area contributed by atoms with E-state index < -0.39 is 0 Å². The highest BCUT2D eigenvalue weighted by Crippen LogP contribution is 2.33. The van der Waals surface area contributed by atoms with Gasteiger partial charge in [0.1, 0.15) is 5.82 Å². The first-order valence-corrected chi connectivity index (χ1v) is 9.52. The van der Waals surface area contributed by atoms with Gasteiger partial charge in [0.15, 0.2) is 5.65 Å². The molecule has 144 valence electrons. The van der Waals surface area contributed by atoms with Gasteiger partial charge in [0.25, 0.3) is 0 Å². The molecule has 0 aliphatic carbocycles. The summed E-state index contributed by atoms with van der Waals surface area (Å²) in [4.78, 5) is 4.33. The van der Waals surface area contributed by atoms with Crippen LogP contribution in [-0.4, -0.2) is 43.6 Å². The molecule has 0 spiro atoms. The Morgan fingerprint density at radius 3 is 2.86 bits per heavy atom. The number of aryl methyl sites for hydroxylation is 2. The fraction of sp³-hybridized carbons (Fsp3) is 0.350. The third-order valence-electron chi connectivity index (χ3n) is 5.46. The molecule has 0 bridgehead atoms. The summed E-state index contributed by atoms with van der Waals surface area (Å²) in [5.41, 5.74) is 11.1. The van der Waals surface area contributed by atoms with Crippen LogP contribution in [0.15, 0.2) is 30.5 Å². The number of nitrogens with two attached hydrogens (primary N) is 1. The fourth-order valence-electron chi connectivity index (χ4n) is 3.95. The van der Waals surface area contributed by atoms with E-state index in [9.17, 15) is 0 Å². The molecular formula is C20H23N7O. The Balaban J connectivity index is 1.70.